The maximum absolute atomic E-state index is 13.3. The highest BCUT2D eigenvalue weighted by Gasteiger charge is 2.19. The standard InChI is InChI=1S/C12H15BrFNO3/c1-15(6-8(16)7-18-2)12(17)9-4-3-5-10(14)11(9)13/h3-5,8,16H,6-7H2,1-2H3. The summed E-state index contributed by atoms with van der Waals surface area (Å²) < 4.78 is 18.2. The Morgan fingerprint density at radius 3 is 2.89 bits per heavy atom. The van der Waals surface area contributed by atoms with Crippen LogP contribution in [0.5, 0.6) is 0 Å². The van der Waals surface area contributed by atoms with Crippen molar-refractivity contribution < 1.29 is 19.0 Å². The molecule has 4 nitrogen and oxygen atoms in total. The monoisotopic (exact) mass is 319 g/mol. The number of benzene rings is 1. The molecule has 1 aromatic carbocycles. The molecule has 1 rings (SSSR count). The van der Waals surface area contributed by atoms with Crippen molar-refractivity contribution in [2.24, 2.45) is 0 Å². The Bertz CT molecular complexity index is 428. The maximum atomic E-state index is 13.3. The highest BCUT2D eigenvalue weighted by atomic mass is 79.9. The number of rotatable bonds is 5. The molecule has 0 heterocycles. The molecule has 0 saturated carbocycles. The molecule has 0 aliphatic rings. The fourth-order valence-electron chi connectivity index (χ4n) is 1.52. The number of carbonyl (C=O) groups excluding carboxylic acids is 1. The van der Waals surface area contributed by atoms with Crippen molar-refractivity contribution in [3.8, 4) is 0 Å². The van der Waals surface area contributed by atoms with Crippen LogP contribution in [0.25, 0.3) is 0 Å². The number of amides is 1. The lowest BCUT2D eigenvalue weighted by Crippen LogP contribution is -2.36. The zero-order valence-electron chi connectivity index (χ0n) is 10.2. The van der Waals surface area contributed by atoms with Crippen LogP contribution in [0.4, 0.5) is 4.39 Å². The first kappa shape index (κ1) is 15.1. The minimum Gasteiger partial charge on any atom is -0.389 e. The number of hydrogen-bond acceptors (Lipinski definition) is 3. The van der Waals surface area contributed by atoms with E-state index in [4.69, 9.17) is 4.74 Å². The second-order valence-corrected chi connectivity index (χ2v) is 4.69. The third-order valence-electron chi connectivity index (χ3n) is 2.37. The van der Waals surface area contributed by atoms with Crippen molar-refractivity contribution in [2.45, 2.75) is 6.10 Å². The van der Waals surface area contributed by atoms with Gasteiger partial charge in [-0.3, -0.25) is 4.79 Å². The molecule has 0 spiro atoms. The normalized spacial score (nSPS) is 12.3. The fraction of sp³-hybridized carbons (Fsp3) is 0.417. The van der Waals surface area contributed by atoms with Gasteiger partial charge in [-0.2, -0.15) is 0 Å². The van der Waals surface area contributed by atoms with E-state index in [0.717, 1.165) is 0 Å². The Morgan fingerprint density at radius 2 is 2.28 bits per heavy atom. The quantitative estimate of drug-likeness (QED) is 0.898. The van der Waals surface area contributed by atoms with Crippen molar-refractivity contribution >= 4 is 21.8 Å². The first-order valence-electron chi connectivity index (χ1n) is 5.33. The van der Waals surface area contributed by atoms with E-state index in [2.05, 4.69) is 15.9 Å². The average Bonchev–Trinajstić information content (AvgIpc) is 2.32. The Balaban J connectivity index is 2.77. The van der Waals surface area contributed by atoms with Crippen LogP contribution in [-0.2, 0) is 4.74 Å². The molecular formula is C12H15BrFNO3. The lowest BCUT2D eigenvalue weighted by atomic mass is 10.2. The van der Waals surface area contributed by atoms with E-state index in [1.54, 1.807) is 7.05 Å². The van der Waals surface area contributed by atoms with Gasteiger partial charge in [0, 0.05) is 20.7 Å². The van der Waals surface area contributed by atoms with Gasteiger partial charge in [-0.15, -0.1) is 0 Å². The molecule has 0 fully saturated rings. The van der Waals surface area contributed by atoms with Gasteiger partial charge in [0.2, 0.25) is 0 Å². The lowest BCUT2D eigenvalue weighted by molar-refractivity contribution is 0.0379. The van der Waals surface area contributed by atoms with E-state index in [-0.39, 0.29) is 29.1 Å². The molecular weight excluding hydrogens is 305 g/mol. The number of carbonyl (C=O) groups is 1. The molecule has 100 valence electrons. The number of nitrogens with zero attached hydrogens (tertiary/aromatic N) is 1. The highest BCUT2D eigenvalue weighted by Crippen LogP contribution is 2.21. The molecule has 1 N–H and O–H groups in total. The largest absolute Gasteiger partial charge is 0.389 e. The molecule has 1 atom stereocenters. The summed E-state index contributed by atoms with van der Waals surface area (Å²) in [4.78, 5) is 13.4. The lowest BCUT2D eigenvalue weighted by Gasteiger charge is -2.21. The zero-order valence-corrected chi connectivity index (χ0v) is 11.8. The number of ether oxygens (including phenoxy) is 1. The molecule has 0 radical (unpaired) electrons. The van der Waals surface area contributed by atoms with Crippen LogP contribution < -0.4 is 0 Å². The van der Waals surface area contributed by atoms with Crippen LogP contribution in [-0.4, -0.2) is 49.3 Å². The van der Waals surface area contributed by atoms with Gasteiger partial charge in [0.05, 0.1) is 22.7 Å². The number of aliphatic hydroxyl groups excluding tert-OH is 1. The SMILES string of the molecule is COCC(O)CN(C)C(=O)c1cccc(F)c1Br. The Kier molecular flexibility index (Phi) is 5.71. The molecule has 0 aliphatic heterocycles. The van der Waals surface area contributed by atoms with Gasteiger partial charge in [0.25, 0.3) is 5.91 Å². The minimum absolute atomic E-state index is 0.121. The predicted octanol–water partition coefficient (Wildman–Crippen LogP) is 1.67. The number of halogens is 2. The van der Waals surface area contributed by atoms with Crippen LogP contribution in [0.1, 0.15) is 10.4 Å². The summed E-state index contributed by atoms with van der Waals surface area (Å²) in [5.41, 5.74) is 0.224. The van der Waals surface area contributed by atoms with Gasteiger partial charge < -0.3 is 14.7 Å². The van der Waals surface area contributed by atoms with E-state index in [0.29, 0.717) is 0 Å². The average molecular weight is 320 g/mol. The Hall–Kier alpha value is -0.980. The van der Waals surface area contributed by atoms with Crippen molar-refractivity contribution in [3.63, 3.8) is 0 Å². The zero-order chi connectivity index (χ0) is 13.7. The number of methoxy groups -OCH3 is 1. The number of likely N-dealkylation sites (N-methyl/N-ethyl adjacent to an activating group) is 1. The molecule has 1 amide bonds. The second kappa shape index (κ2) is 6.82. The summed E-state index contributed by atoms with van der Waals surface area (Å²) >= 11 is 3.04. The molecule has 18 heavy (non-hydrogen) atoms. The van der Waals surface area contributed by atoms with Crippen LogP contribution in [0.3, 0.4) is 0 Å². The summed E-state index contributed by atoms with van der Waals surface area (Å²) in [5, 5.41) is 9.53. The third kappa shape index (κ3) is 3.76. The maximum Gasteiger partial charge on any atom is 0.254 e. The smallest absolute Gasteiger partial charge is 0.254 e. The topological polar surface area (TPSA) is 49.8 Å². The summed E-state index contributed by atoms with van der Waals surface area (Å²) in [5.74, 6) is -0.858. The first-order valence-corrected chi connectivity index (χ1v) is 6.13. The van der Waals surface area contributed by atoms with Crippen LogP contribution in [0.15, 0.2) is 22.7 Å². The fourth-order valence-corrected chi connectivity index (χ4v) is 1.95. The van der Waals surface area contributed by atoms with Crippen LogP contribution in [0, 0.1) is 5.82 Å². The van der Waals surface area contributed by atoms with Crippen molar-refractivity contribution in [1.82, 2.24) is 4.90 Å². The highest BCUT2D eigenvalue weighted by molar-refractivity contribution is 9.10. The van der Waals surface area contributed by atoms with Crippen molar-refractivity contribution in [1.29, 1.82) is 0 Å². The summed E-state index contributed by atoms with van der Waals surface area (Å²) in [6.45, 7) is 0.261. The van der Waals surface area contributed by atoms with Crippen LogP contribution in [0.2, 0.25) is 0 Å². The van der Waals surface area contributed by atoms with Gasteiger partial charge >= 0.3 is 0 Å². The predicted molar refractivity (Wildman–Crippen MR) is 68.9 cm³/mol. The molecule has 6 heteroatoms. The van der Waals surface area contributed by atoms with E-state index < -0.39 is 11.9 Å². The molecule has 0 saturated heterocycles. The first-order chi connectivity index (χ1) is 8.47. The van der Waals surface area contributed by atoms with Gasteiger partial charge in [0.1, 0.15) is 5.82 Å². The summed E-state index contributed by atoms with van der Waals surface area (Å²) in [7, 11) is 3.01. The third-order valence-corrected chi connectivity index (χ3v) is 3.18. The number of hydrogen-bond donors (Lipinski definition) is 1. The van der Waals surface area contributed by atoms with E-state index in [1.807, 2.05) is 0 Å². The Labute approximate surface area is 113 Å². The van der Waals surface area contributed by atoms with Gasteiger partial charge in [0.15, 0.2) is 0 Å². The summed E-state index contributed by atoms with van der Waals surface area (Å²) in [6, 6.07) is 4.25. The van der Waals surface area contributed by atoms with Gasteiger partial charge in [-0.25, -0.2) is 4.39 Å². The Morgan fingerprint density at radius 1 is 1.61 bits per heavy atom. The van der Waals surface area contributed by atoms with Gasteiger partial charge in [-0.05, 0) is 28.1 Å². The minimum atomic E-state index is -0.767. The van der Waals surface area contributed by atoms with Crippen LogP contribution >= 0.6 is 15.9 Å². The molecule has 0 aromatic heterocycles. The summed E-state index contributed by atoms with van der Waals surface area (Å²) in [6.07, 6.45) is -0.767. The molecule has 0 bridgehead atoms. The molecule has 1 aromatic rings. The number of aliphatic hydroxyl groups is 1. The van der Waals surface area contributed by atoms with E-state index in [1.165, 1.54) is 30.2 Å². The van der Waals surface area contributed by atoms with Crippen molar-refractivity contribution in [3.05, 3.63) is 34.1 Å². The van der Waals surface area contributed by atoms with Crippen molar-refractivity contribution in [2.75, 3.05) is 27.3 Å². The van der Waals surface area contributed by atoms with E-state index >= 15 is 0 Å². The van der Waals surface area contributed by atoms with Gasteiger partial charge in [-0.1, -0.05) is 6.07 Å². The van der Waals surface area contributed by atoms with E-state index in [9.17, 15) is 14.3 Å². The molecule has 1 unspecified atom stereocenters. The molecule has 0 aliphatic carbocycles. The second-order valence-electron chi connectivity index (χ2n) is 3.90.